The fourth-order valence-corrected chi connectivity index (χ4v) is 3.54. The first-order valence-corrected chi connectivity index (χ1v) is 9.05. The van der Waals surface area contributed by atoms with Crippen molar-refractivity contribution in [2.45, 2.75) is 0 Å². The van der Waals surface area contributed by atoms with Crippen LogP contribution in [0.3, 0.4) is 0 Å². The predicted molar refractivity (Wildman–Crippen MR) is 108 cm³/mol. The lowest BCUT2D eigenvalue weighted by Crippen LogP contribution is -1.90. The summed E-state index contributed by atoms with van der Waals surface area (Å²) in [7, 11) is 3.70. The largest absolute Gasteiger partial charge is 0.497 e. The Balaban J connectivity index is 1.51. The molecule has 130 valence electrons. The second kappa shape index (κ2) is 7.01. The van der Waals surface area contributed by atoms with E-state index in [-0.39, 0.29) is 0 Å². The van der Waals surface area contributed by atoms with Crippen LogP contribution in [0, 0.1) is 0 Å². The van der Waals surface area contributed by atoms with E-state index < -0.39 is 0 Å². The van der Waals surface area contributed by atoms with Crippen LogP contribution in [0.2, 0.25) is 0 Å². The van der Waals surface area contributed by atoms with Gasteiger partial charge in [-0.05, 0) is 18.2 Å². The quantitative estimate of drug-likeness (QED) is 0.411. The van der Waals surface area contributed by atoms with E-state index in [9.17, 15) is 0 Å². The maximum absolute atomic E-state index is 5.27. The average molecular weight is 362 g/mol. The number of benzene rings is 2. The monoisotopic (exact) mass is 362 g/mol. The molecule has 0 aliphatic heterocycles. The predicted octanol–water partition coefficient (Wildman–Crippen LogP) is 4.76. The van der Waals surface area contributed by atoms with Gasteiger partial charge in [-0.15, -0.1) is 11.3 Å². The van der Waals surface area contributed by atoms with Crippen molar-refractivity contribution in [3.8, 4) is 17.0 Å². The van der Waals surface area contributed by atoms with Crippen molar-refractivity contribution in [2.75, 3.05) is 12.5 Å². The highest BCUT2D eigenvalue weighted by atomic mass is 32.1. The van der Waals surface area contributed by atoms with Crippen LogP contribution in [-0.4, -0.2) is 22.9 Å². The van der Waals surface area contributed by atoms with Crippen molar-refractivity contribution in [3.63, 3.8) is 0 Å². The maximum atomic E-state index is 5.27. The number of thiazole rings is 1. The molecule has 0 bridgehead atoms. The fourth-order valence-electron chi connectivity index (χ4n) is 2.87. The van der Waals surface area contributed by atoms with Gasteiger partial charge in [-0.25, -0.2) is 4.98 Å². The Labute approximate surface area is 155 Å². The van der Waals surface area contributed by atoms with Gasteiger partial charge in [0.25, 0.3) is 0 Å². The molecule has 2 aromatic carbocycles. The number of hydrogen-bond acceptors (Lipinski definition) is 5. The number of rotatable bonds is 5. The van der Waals surface area contributed by atoms with E-state index in [4.69, 9.17) is 4.74 Å². The van der Waals surface area contributed by atoms with E-state index >= 15 is 0 Å². The molecular formula is C20H18N4OS. The number of nitrogens with zero attached hydrogens (tertiary/aromatic N) is 3. The van der Waals surface area contributed by atoms with Crippen molar-refractivity contribution in [1.29, 1.82) is 0 Å². The normalized spacial score (nSPS) is 11.3. The zero-order valence-electron chi connectivity index (χ0n) is 14.5. The van der Waals surface area contributed by atoms with E-state index in [1.54, 1.807) is 7.11 Å². The smallest absolute Gasteiger partial charge is 0.203 e. The van der Waals surface area contributed by atoms with Crippen LogP contribution >= 0.6 is 11.3 Å². The lowest BCUT2D eigenvalue weighted by Gasteiger charge is -2.01. The van der Waals surface area contributed by atoms with E-state index in [0.29, 0.717) is 0 Å². The third-order valence-corrected chi connectivity index (χ3v) is 4.91. The van der Waals surface area contributed by atoms with Crippen LogP contribution in [0.25, 0.3) is 22.2 Å². The number of fused-ring (bicyclic) bond motifs is 1. The molecule has 2 aromatic heterocycles. The highest BCUT2D eigenvalue weighted by Gasteiger charge is 2.06. The zero-order chi connectivity index (χ0) is 17.9. The van der Waals surface area contributed by atoms with Gasteiger partial charge in [-0.1, -0.05) is 30.3 Å². The van der Waals surface area contributed by atoms with E-state index in [2.05, 4.69) is 38.4 Å². The summed E-state index contributed by atoms with van der Waals surface area (Å²) in [6.45, 7) is 0. The molecule has 0 saturated carbocycles. The maximum Gasteiger partial charge on any atom is 0.203 e. The van der Waals surface area contributed by atoms with Gasteiger partial charge in [-0.2, -0.15) is 5.10 Å². The molecule has 4 aromatic rings. The number of nitrogens with one attached hydrogen (secondary N) is 1. The molecule has 26 heavy (non-hydrogen) atoms. The van der Waals surface area contributed by atoms with Crippen molar-refractivity contribution >= 4 is 33.6 Å². The molecule has 0 aliphatic rings. The van der Waals surface area contributed by atoms with Crippen LogP contribution in [0.5, 0.6) is 5.75 Å². The summed E-state index contributed by atoms with van der Waals surface area (Å²) < 4.78 is 7.37. The molecular weight excluding hydrogens is 344 g/mol. The summed E-state index contributed by atoms with van der Waals surface area (Å²) in [5.74, 6) is 0.819. The number of methoxy groups -OCH3 is 1. The van der Waals surface area contributed by atoms with E-state index in [1.807, 2.05) is 55.0 Å². The SMILES string of the molecule is COc1cccc(-c2csc(N/N=C\c3cn(C)c4ccccc34)n2)c1. The molecule has 4 rings (SSSR count). The molecule has 5 nitrogen and oxygen atoms in total. The first kappa shape index (κ1) is 16.4. The van der Waals surface area contributed by atoms with Crippen molar-refractivity contribution in [1.82, 2.24) is 9.55 Å². The first-order valence-electron chi connectivity index (χ1n) is 8.17. The van der Waals surface area contributed by atoms with Crippen molar-refractivity contribution in [3.05, 3.63) is 65.7 Å². The summed E-state index contributed by atoms with van der Waals surface area (Å²) in [5, 5.41) is 8.28. The number of aromatic nitrogens is 2. The minimum atomic E-state index is 0.749. The number of para-hydroxylation sites is 1. The topological polar surface area (TPSA) is 51.4 Å². The number of ether oxygens (including phenoxy) is 1. The molecule has 0 amide bonds. The summed E-state index contributed by atoms with van der Waals surface area (Å²) in [6, 6.07) is 16.1. The minimum absolute atomic E-state index is 0.749. The Morgan fingerprint density at radius 2 is 2.08 bits per heavy atom. The average Bonchev–Trinajstić information content (AvgIpc) is 3.28. The number of hydrogen-bond donors (Lipinski definition) is 1. The Morgan fingerprint density at radius 1 is 1.19 bits per heavy atom. The standard InChI is InChI=1S/C20H18N4OS/c1-24-12-15(17-8-3-4-9-19(17)24)11-21-23-20-22-18(13-26-20)14-6-5-7-16(10-14)25-2/h3-13H,1-2H3,(H,22,23)/b21-11-. The number of aryl methyl sites for hydroxylation is 1. The second-order valence-corrected chi connectivity index (χ2v) is 6.71. The highest BCUT2D eigenvalue weighted by molar-refractivity contribution is 7.14. The van der Waals surface area contributed by atoms with E-state index in [0.717, 1.165) is 27.7 Å². The molecule has 0 atom stereocenters. The second-order valence-electron chi connectivity index (χ2n) is 5.85. The molecule has 0 aliphatic carbocycles. The van der Waals surface area contributed by atoms with Crippen LogP contribution in [0.1, 0.15) is 5.56 Å². The summed E-state index contributed by atoms with van der Waals surface area (Å²) in [4.78, 5) is 4.59. The third kappa shape index (κ3) is 3.19. The van der Waals surface area contributed by atoms with E-state index in [1.165, 1.54) is 22.2 Å². The Bertz CT molecular complexity index is 1080. The van der Waals surface area contributed by atoms with Gasteiger partial charge >= 0.3 is 0 Å². The van der Waals surface area contributed by atoms with Gasteiger partial charge in [0, 0.05) is 40.7 Å². The van der Waals surface area contributed by atoms with Gasteiger partial charge < -0.3 is 9.30 Å². The highest BCUT2D eigenvalue weighted by Crippen LogP contribution is 2.27. The summed E-state index contributed by atoms with van der Waals surface area (Å²) in [6.07, 6.45) is 3.90. The van der Waals surface area contributed by atoms with Crippen LogP contribution in [0.15, 0.2) is 65.2 Å². The van der Waals surface area contributed by atoms with Crippen molar-refractivity contribution < 1.29 is 4.74 Å². The molecule has 6 heteroatoms. The Morgan fingerprint density at radius 3 is 2.96 bits per heavy atom. The molecule has 1 N–H and O–H groups in total. The van der Waals surface area contributed by atoms with Crippen LogP contribution in [0.4, 0.5) is 5.13 Å². The van der Waals surface area contributed by atoms with Gasteiger partial charge in [0.05, 0.1) is 19.0 Å². The molecule has 0 unspecified atom stereocenters. The number of hydrazone groups is 1. The lowest BCUT2D eigenvalue weighted by molar-refractivity contribution is 0.415. The van der Waals surface area contributed by atoms with Crippen molar-refractivity contribution in [2.24, 2.45) is 12.1 Å². The molecule has 0 saturated heterocycles. The number of anilines is 1. The molecule has 2 heterocycles. The Kier molecular flexibility index (Phi) is 4.41. The van der Waals surface area contributed by atoms with Crippen LogP contribution in [-0.2, 0) is 7.05 Å². The fraction of sp³-hybridized carbons (Fsp3) is 0.100. The van der Waals surface area contributed by atoms with Gasteiger partial charge in [0.15, 0.2) is 0 Å². The lowest BCUT2D eigenvalue weighted by atomic mass is 10.2. The minimum Gasteiger partial charge on any atom is -0.497 e. The molecule has 0 spiro atoms. The van der Waals surface area contributed by atoms with Gasteiger partial charge in [0.2, 0.25) is 5.13 Å². The first-order chi connectivity index (χ1) is 12.7. The van der Waals surface area contributed by atoms with Gasteiger partial charge in [-0.3, -0.25) is 5.43 Å². The zero-order valence-corrected chi connectivity index (χ0v) is 15.3. The molecule has 0 radical (unpaired) electrons. The summed E-state index contributed by atoms with van der Waals surface area (Å²) in [5.41, 5.74) is 7.20. The third-order valence-electron chi connectivity index (χ3n) is 4.16. The Hall–Kier alpha value is -3.12. The molecule has 0 fully saturated rings. The summed E-state index contributed by atoms with van der Waals surface area (Å²) >= 11 is 1.52. The van der Waals surface area contributed by atoms with Crippen LogP contribution < -0.4 is 10.2 Å². The van der Waals surface area contributed by atoms with Gasteiger partial charge in [0.1, 0.15) is 5.75 Å².